The lowest BCUT2D eigenvalue weighted by atomic mass is 10.1. The predicted octanol–water partition coefficient (Wildman–Crippen LogP) is 2.08. The standard InChI is InChI=1S/C12H19N3O/c1-2-7-16-11(5-1)10-8-14-12(15-10)9-4-3-6-13-9/h8-9,11,13H,1-7H2,(H,14,15). The number of nitrogens with one attached hydrogen (secondary N) is 2. The van der Waals surface area contributed by atoms with Crippen LogP contribution in [0.4, 0.5) is 0 Å². The van der Waals surface area contributed by atoms with Gasteiger partial charge in [-0.3, -0.25) is 0 Å². The molecular weight excluding hydrogens is 202 g/mol. The highest BCUT2D eigenvalue weighted by atomic mass is 16.5. The number of H-pyrrole nitrogens is 1. The van der Waals surface area contributed by atoms with Crippen molar-refractivity contribution >= 4 is 0 Å². The smallest absolute Gasteiger partial charge is 0.123 e. The lowest BCUT2D eigenvalue weighted by Crippen LogP contribution is -2.15. The van der Waals surface area contributed by atoms with Gasteiger partial charge in [-0.1, -0.05) is 0 Å². The second-order valence-electron chi connectivity index (χ2n) is 4.73. The van der Waals surface area contributed by atoms with Crippen LogP contribution < -0.4 is 5.32 Å². The minimum absolute atomic E-state index is 0.247. The molecule has 0 radical (unpaired) electrons. The van der Waals surface area contributed by atoms with Crippen LogP contribution in [0.5, 0.6) is 0 Å². The summed E-state index contributed by atoms with van der Waals surface area (Å²) in [6.45, 7) is 2.00. The van der Waals surface area contributed by atoms with Crippen molar-refractivity contribution in [2.45, 2.75) is 44.2 Å². The molecule has 1 aromatic rings. The fraction of sp³-hybridized carbons (Fsp3) is 0.750. The molecule has 0 aliphatic carbocycles. The minimum atomic E-state index is 0.247. The molecule has 3 heterocycles. The molecule has 16 heavy (non-hydrogen) atoms. The Bertz CT molecular complexity index is 338. The molecule has 2 saturated heterocycles. The van der Waals surface area contributed by atoms with Gasteiger partial charge in [-0.25, -0.2) is 4.98 Å². The minimum Gasteiger partial charge on any atom is -0.372 e. The average Bonchev–Trinajstić information content (AvgIpc) is 3.01. The van der Waals surface area contributed by atoms with E-state index in [2.05, 4.69) is 15.3 Å². The van der Waals surface area contributed by atoms with Gasteiger partial charge in [0.1, 0.15) is 5.82 Å². The molecule has 2 aliphatic rings. The van der Waals surface area contributed by atoms with E-state index in [1.54, 1.807) is 0 Å². The molecule has 3 rings (SSSR count). The molecule has 2 fully saturated rings. The highest BCUT2D eigenvalue weighted by Gasteiger charge is 2.22. The third kappa shape index (κ3) is 1.99. The molecule has 2 unspecified atom stereocenters. The van der Waals surface area contributed by atoms with Gasteiger partial charge in [0.15, 0.2) is 0 Å². The molecule has 0 saturated carbocycles. The van der Waals surface area contributed by atoms with Crippen LogP contribution in [-0.4, -0.2) is 23.1 Å². The molecule has 0 bridgehead atoms. The second-order valence-corrected chi connectivity index (χ2v) is 4.73. The second kappa shape index (κ2) is 4.55. The van der Waals surface area contributed by atoms with Crippen LogP contribution in [0, 0.1) is 0 Å². The first-order valence-electron chi connectivity index (χ1n) is 6.33. The SMILES string of the molecule is c1nc(C2CCCN2)[nH]c1C1CCCCO1. The molecule has 0 aromatic carbocycles. The van der Waals surface area contributed by atoms with Crippen LogP contribution >= 0.6 is 0 Å². The zero-order chi connectivity index (χ0) is 10.8. The molecule has 0 spiro atoms. The molecule has 4 nitrogen and oxygen atoms in total. The maximum atomic E-state index is 5.75. The van der Waals surface area contributed by atoms with E-state index >= 15 is 0 Å². The first-order chi connectivity index (χ1) is 7.93. The monoisotopic (exact) mass is 221 g/mol. The van der Waals surface area contributed by atoms with Crippen LogP contribution in [0.25, 0.3) is 0 Å². The Morgan fingerprint density at radius 3 is 3.00 bits per heavy atom. The number of hydrogen-bond acceptors (Lipinski definition) is 3. The average molecular weight is 221 g/mol. The maximum absolute atomic E-state index is 5.75. The fourth-order valence-electron chi connectivity index (χ4n) is 2.60. The molecule has 88 valence electrons. The normalized spacial score (nSPS) is 30.8. The van der Waals surface area contributed by atoms with E-state index in [0.717, 1.165) is 31.1 Å². The van der Waals surface area contributed by atoms with Crippen LogP contribution in [0.3, 0.4) is 0 Å². The molecule has 0 amide bonds. The first-order valence-corrected chi connectivity index (χ1v) is 6.33. The van der Waals surface area contributed by atoms with Gasteiger partial charge in [-0.05, 0) is 38.6 Å². The van der Waals surface area contributed by atoms with Crippen molar-refractivity contribution in [1.29, 1.82) is 0 Å². The van der Waals surface area contributed by atoms with Crippen molar-refractivity contribution in [1.82, 2.24) is 15.3 Å². The Hall–Kier alpha value is -0.870. The summed E-state index contributed by atoms with van der Waals surface area (Å²) in [5.74, 6) is 1.08. The van der Waals surface area contributed by atoms with Gasteiger partial charge < -0.3 is 15.0 Å². The zero-order valence-corrected chi connectivity index (χ0v) is 9.54. The number of aromatic nitrogens is 2. The van der Waals surface area contributed by atoms with Gasteiger partial charge in [-0.2, -0.15) is 0 Å². The van der Waals surface area contributed by atoms with Crippen molar-refractivity contribution in [3.63, 3.8) is 0 Å². The number of hydrogen-bond donors (Lipinski definition) is 2. The number of aromatic amines is 1. The van der Waals surface area contributed by atoms with Gasteiger partial charge in [0.2, 0.25) is 0 Å². The van der Waals surface area contributed by atoms with E-state index in [-0.39, 0.29) is 6.10 Å². The highest BCUT2D eigenvalue weighted by molar-refractivity contribution is 5.09. The molecule has 2 atom stereocenters. The molecule has 1 aromatic heterocycles. The van der Waals surface area contributed by atoms with Crippen molar-refractivity contribution in [2.24, 2.45) is 0 Å². The molecule has 2 aliphatic heterocycles. The first kappa shape index (κ1) is 10.3. The molecule has 4 heteroatoms. The Labute approximate surface area is 95.8 Å². The van der Waals surface area contributed by atoms with Crippen LogP contribution in [0.15, 0.2) is 6.20 Å². The quantitative estimate of drug-likeness (QED) is 0.804. The van der Waals surface area contributed by atoms with E-state index in [1.165, 1.54) is 25.7 Å². The van der Waals surface area contributed by atoms with Crippen molar-refractivity contribution < 1.29 is 4.74 Å². The van der Waals surface area contributed by atoms with Gasteiger partial charge in [0.25, 0.3) is 0 Å². The summed E-state index contributed by atoms with van der Waals surface area (Å²) < 4.78 is 5.75. The lowest BCUT2D eigenvalue weighted by molar-refractivity contribution is 0.0125. The Morgan fingerprint density at radius 2 is 2.25 bits per heavy atom. The number of rotatable bonds is 2. The largest absolute Gasteiger partial charge is 0.372 e. The van der Waals surface area contributed by atoms with E-state index < -0.39 is 0 Å². The predicted molar refractivity (Wildman–Crippen MR) is 61.1 cm³/mol. The lowest BCUT2D eigenvalue weighted by Gasteiger charge is -2.21. The summed E-state index contributed by atoms with van der Waals surface area (Å²) in [6, 6.07) is 0.428. The van der Waals surface area contributed by atoms with E-state index in [4.69, 9.17) is 4.74 Å². The summed E-state index contributed by atoms with van der Waals surface area (Å²) in [7, 11) is 0. The fourth-order valence-corrected chi connectivity index (χ4v) is 2.60. The molecule has 2 N–H and O–H groups in total. The maximum Gasteiger partial charge on any atom is 0.123 e. The summed E-state index contributed by atoms with van der Waals surface area (Å²) in [5.41, 5.74) is 1.16. The third-order valence-electron chi connectivity index (χ3n) is 3.53. The van der Waals surface area contributed by atoms with Gasteiger partial charge >= 0.3 is 0 Å². The van der Waals surface area contributed by atoms with Gasteiger partial charge in [-0.15, -0.1) is 0 Å². The van der Waals surface area contributed by atoms with Crippen molar-refractivity contribution in [2.75, 3.05) is 13.2 Å². The summed E-state index contributed by atoms with van der Waals surface area (Å²) >= 11 is 0. The summed E-state index contributed by atoms with van der Waals surface area (Å²) in [4.78, 5) is 7.90. The van der Waals surface area contributed by atoms with Crippen LogP contribution in [-0.2, 0) is 4.74 Å². The van der Waals surface area contributed by atoms with Gasteiger partial charge in [0, 0.05) is 6.61 Å². The Balaban J connectivity index is 1.71. The molecular formula is C12H19N3O. The Kier molecular flexibility index (Phi) is 2.93. The number of ether oxygens (including phenoxy) is 1. The van der Waals surface area contributed by atoms with Crippen molar-refractivity contribution in [3.05, 3.63) is 17.7 Å². The van der Waals surface area contributed by atoms with E-state index in [0.29, 0.717) is 6.04 Å². The van der Waals surface area contributed by atoms with Gasteiger partial charge in [0.05, 0.1) is 24.0 Å². The third-order valence-corrected chi connectivity index (χ3v) is 3.53. The number of imidazole rings is 1. The topological polar surface area (TPSA) is 49.9 Å². The van der Waals surface area contributed by atoms with Crippen LogP contribution in [0.2, 0.25) is 0 Å². The summed E-state index contributed by atoms with van der Waals surface area (Å²) in [6.07, 6.45) is 8.23. The number of nitrogens with zero attached hydrogens (tertiary/aromatic N) is 1. The van der Waals surface area contributed by atoms with E-state index in [9.17, 15) is 0 Å². The highest BCUT2D eigenvalue weighted by Crippen LogP contribution is 2.28. The van der Waals surface area contributed by atoms with Crippen LogP contribution in [0.1, 0.15) is 55.8 Å². The Morgan fingerprint density at radius 1 is 1.25 bits per heavy atom. The summed E-state index contributed by atoms with van der Waals surface area (Å²) in [5, 5.41) is 3.45. The van der Waals surface area contributed by atoms with E-state index in [1.807, 2.05) is 6.20 Å². The zero-order valence-electron chi connectivity index (χ0n) is 9.54. The van der Waals surface area contributed by atoms with Crippen molar-refractivity contribution in [3.8, 4) is 0 Å².